The van der Waals surface area contributed by atoms with Gasteiger partial charge in [-0.2, -0.15) is 11.8 Å². The van der Waals surface area contributed by atoms with E-state index < -0.39 is 23.9 Å². The molecule has 0 saturated heterocycles. The quantitative estimate of drug-likeness (QED) is 0.485. The van der Waals surface area contributed by atoms with Gasteiger partial charge >= 0.3 is 6.03 Å². The number of aromatic nitrogens is 1. The smallest absolute Gasteiger partial charge is 0.312 e. The minimum Gasteiger partial charge on any atom is -0.352 e. The molecule has 1 atom stereocenters. The van der Waals surface area contributed by atoms with Gasteiger partial charge in [-0.3, -0.25) is 20.4 Å². The first-order valence-corrected chi connectivity index (χ1v) is 10.9. The Morgan fingerprint density at radius 2 is 1.93 bits per heavy atom. The number of thiazole rings is 1. The molecule has 1 aromatic heterocycles. The van der Waals surface area contributed by atoms with E-state index in [0.717, 1.165) is 12.0 Å². The van der Waals surface area contributed by atoms with Crippen LogP contribution in [-0.4, -0.2) is 40.9 Å². The summed E-state index contributed by atoms with van der Waals surface area (Å²) < 4.78 is 0. The second kappa shape index (κ2) is 10.7. The summed E-state index contributed by atoms with van der Waals surface area (Å²) in [5.74, 6) is -0.436. The predicted octanol–water partition coefficient (Wildman–Crippen LogP) is 1.92. The van der Waals surface area contributed by atoms with E-state index in [1.54, 1.807) is 5.38 Å². The number of hydrogen-bond acceptors (Lipinski definition) is 6. The highest BCUT2D eigenvalue weighted by Gasteiger charge is 2.20. The summed E-state index contributed by atoms with van der Waals surface area (Å²) in [7, 11) is 0. The fourth-order valence-corrected chi connectivity index (χ4v) is 3.62. The van der Waals surface area contributed by atoms with E-state index in [2.05, 4.69) is 28.1 Å². The largest absolute Gasteiger partial charge is 0.352 e. The number of carbonyl (C=O) groups is 3. The van der Waals surface area contributed by atoms with E-state index in [4.69, 9.17) is 5.73 Å². The maximum absolute atomic E-state index is 12.3. The zero-order valence-corrected chi connectivity index (χ0v) is 17.3. The number of nitrogens with two attached hydrogens (primary N) is 1. The number of amides is 4. The molecule has 0 spiro atoms. The SMILES string of the molecule is CCc1ccc(-c2nc(C(=O)NNC(=O)[C@H](CCSC)NC(N)=O)cs2)cc1. The van der Waals surface area contributed by atoms with Crippen molar-refractivity contribution < 1.29 is 14.4 Å². The second-order valence-corrected chi connectivity index (χ2v) is 7.72. The van der Waals surface area contributed by atoms with Gasteiger partial charge in [-0.1, -0.05) is 31.2 Å². The number of hydrogen-bond donors (Lipinski definition) is 4. The number of nitrogens with one attached hydrogen (secondary N) is 3. The molecule has 0 fully saturated rings. The van der Waals surface area contributed by atoms with E-state index in [9.17, 15) is 14.4 Å². The van der Waals surface area contributed by atoms with Crippen LogP contribution >= 0.6 is 23.1 Å². The Labute approximate surface area is 171 Å². The zero-order chi connectivity index (χ0) is 20.5. The van der Waals surface area contributed by atoms with E-state index in [1.165, 1.54) is 28.7 Å². The molecule has 0 radical (unpaired) electrons. The van der Waals surface area contributed by atoms with Crippen LogP contribution in [0.3, 0.4) is 0 Å². The average molecular weight is 422 g/mol. The van der Waals surface area contributed by atoms with Crippen molar-refractivity contribution in [2.24, 2.45) is 5.73 Å². The van der Waals surface area contributed by atoms with Gasteiger partial charge in [0.1, 0.15) is 16.7 Å². The molecule has 150 valence electrons. The molecule has 1 aromatic carbocycles. The van der Waals surface area contributed by atoms with Gasteiger partial charge in [0.05, 0.1) is 0 Å². The topological polar surface area (TPSA) is 126 Å². The van der Waals surface area contributed by atoms with Crippen LogP contribution in [0.2, 0.25) is 0 Å². The first kappa shape index (κ1) is 21.7. The van der Waals surface area contributed by atoms with Crippen LogP contribution in [0.5, 0.6) is 0 Å². The van der Waals surface area contributed by atoms with Gasteiger partial charge in [0.25, 0.3) is 11.8 Å². The molecular formula is C18H23N5O3S2. The zero-order valence-electron chi connectivity index (χ0n) is 15.7. The van der Waals surface area contributed by atoms with Crippen LogP contribution < -0.4 is 21.9 Å². The molecule has 8 nitrogen and oxygen atoms in total. The molecule has 1 heterocycles. The summed E-state index contributed by atoms with van der Waals surface area (Å²) in [6.07, 6.45) is 3.23. The maximum atomic E-state index is 12.3. The molecule has 2 rings (SSSR count). The Morgan fingerprint density at radius 1 is 1.21 bits per heavy atom. The minimum absolute atomic E-state index is 0.198. The van der Waals surface area contributed by atoms with Crippen molar-refractivity contribution in [3.05, 3.63) is 40.9 Å². The van der Waals surface area contributed by atoms with Gasteiger partial charge in [-0.15, -0.1) is 11.3 Å². The van der Waals surface area contributed by atoms with Crippen molar-refractivity contribution in [2.45, 2.75) is 25.8 Å². The van der Waals surface area contributed by atoms with Crippen LogP contribution in [0.4, 0.5) is 4.79 Å². The van der Waals surface area contributed by atoms with Crippen LogP contribution in [0.25, 0.3) is 10.6 Å². The van der Waals surface area contributed by atoms with Gasteiger partial charge in [0.2, 0.25) is 0 Å². The highest BCUT2D eigenvalue weighted by atomic mass is 32.2. The molecule has 0 unspecified atom stereocenters. The number of nitrogens with zero attached hydrogens (tertiary/aromatic N) is 1. The lowest BCUT2D eigenvalue weighted by molar-refractivity contribution is -0.123. The van der Waals surface area contributed by atoms with Crippen molar-refractivity contribution in [3.63, 3.8) is 0 Å². The van der Waals surface area contributed by atoms with E-state index in [0.29, 0.717) is 17.2 Å². The maximum Gasteiger partial charge on any atom is 0.312 e. The Morgan fingerprint density at radius 3 is 2.54 bits per heavy atom. The van der Waals surface area contributed by atoms with Crippen LogP contribution in [0.15, 0.2) is 29.6 Å². The number of aryl methyl sites for hydroxylation is 1. The number of benzene rings is 1. The summed E-state index contributed by atoms with van der Waals surface area (Å²) in [5, 5.41) is 4.70. The van der Waals surface area contributed by atoms with Gasteiger partial charge in [-0.25, -0.2) is 9.78 Å². The van der Waals surface area contributed by atoms with Gasteiger partial charge in [0.15, 0.2) is 0 Å². The standard InChI is InChI=1S/C18H23N5O3S2/c1-3-11-4-6-12(7-5-11)17-20-14(10-28-17)16(25)23-22-15(24)13(8-9-27-2)21-18(19)26/h4-7,10,13H,3,8-9H2,1-2H3,(H,22,24)(H,23,25)(H3,19,21,26)/t13-/m0/s1. The molecule has 2 aromatic rings. The first-order chi connectivity index (χ1) is 13.4. The summed E-state index contributed by atoms with van der Waals surface area (Å²) >= 11 is 2.87. The van der Waals surface area contributed by atoms with Gasteiger partial charge < -0.3 is 11.1 Å². The molecule has 10 heteroatoms. The predicted molar refractivity (Wildman–Crippen MR) is 112 cm³/mol. The lowest BCUT2D eigenvalue weighted by Gasteiger charge is -2.16. The molecule has 5 N–H and O–H groups in total. The normalized spacial score (nSPS) is 11.5. The summed E-state index contributed by atoms with van der Waals surface area (Å²) in [4.78, 5) is 39.8. The number of urea groups is 1. The monoisotopic (exact) mass is 421 g/mol. The van der Waals surface area contributed by atoms with Crippen molar-refractivity contribution >= 4 is 40.9 Å². The third-order valence-corrected chi connectivity index (χ3v) is 5.42. The fraction of sp³-hybridized carbons (Fsp3) is 0.333. The first-order valence-electron chi connectivity index (χ1n) is 8.64. The van der Waals surface area contributed by atoms with Crippen molar-refractivity contribution in [2.75, 3.05) is 12.0 Å². The molecule has 0 aliphatic carbocycles. The van der Waals surface area contributed by atoms with Gasteiger partial charge in [-0.05, 0) is 30.4 Å². The number of rotatable bonds is 8. The molecule has 0 aliphatic rings. The molecular weight excluding hydrogens is 398 g/mol. The highest BCUT2D eigenvalue weighted by molar-refractivity contribution is 7.98. The molecule has 0 aliphatic heterocycles. The van der Waals surface area contributed by atoms with Crippen molar-refractivity contribution in [3.8, 4) is 10.6 Å². The van der Waals surface area contributed by atoms with Crippen molar-refractivity contribution in [1.82, 2.24) is 21.2 Å². The second-order valence-electron chi connectivity index (χ2n) is 5.87. The average Bonchev–Trinajstić information content (AvgIpc) is 3.19. The molecule has 4 amide bonds. The van der Waals surface area contributed by atoms with Gasteiger partial charge in [0, 0.05) is 10.9 Å². The lowest BCUT2D eigenvalue weighted by atomic mass is 10.1. The van der Waals surface area contributed by atoms with E-state index in [-0.39, 0.29) is 5.69 Å². The Hall–Kier alpha value is -2.59. The Kier molecular flexibility index (Phi) is 8.27. The summed E-state index contributed by atoms with van der Waals surface area (Å²) in [6.45, 7) is 2.08. The fourth-order valence-electron chi connectivity index (χ4n) is 2.34. The van der Waals surface area contributed by atoms with E-state index >= 15 is 0 Å². The van der Waals surface area contributed by atoms with Crippen LogP contribution in [0.1, 0.15) is 29.4 Å². The number of primary amides is 1. The Balaban J connectivity index is 1.95. The lowest BCUT2D eigenvalue weighted by Crippen LogP contribution is -2.53. The molecule has 28 heavy (non-hydrogen) atoms. The van der Waals surface area contributed by atoms with Crippen LogP contribution in [-0.2, 0) is 11.2 Å². The van der Waals surface area contributed by atoms with Crippen molar-refractivity contribution in [1.29, 1.82) is 0 Å². The van der Waals surface area contributed by atoms with E-state index in [1.807, 2.05) is 30.5 Å². The highest BCUT2D eigenvalue weighted by Crippen LogP contribution is 2.24. The van der Waals surface area contributed by atoms with Crippen LogP contribution in [0, 0.1) is 0 Å². The molecule has 0 bridgehead atoms. The summed E-state index contributed by atoms with van der Waals surface area (Å²) in [5.41, 5.74) is 12.1. The number of hydrazine groups is 1. The molecule has 0 saturated carbocycles. The number of carbonyl (C=O) groups excluding carboxylic acids is 3. The summed E-state index contributed by atoms with van der Waals surface area (Å²) in [6, 6.07) is 6.35. The third-order valence-electron chi connectivity index (χ3n) is 3.89. The third kappa shape index (κ3) is 6.24. The minimum atomic E-state index is -0.826. The Bertz CT molecular complexity index is 823. The number of thioether (sulfide) groups is 1.